The zero-order valence-corrected chi connectivity index (χ0v) is 9.66. The van der Waals surface area contributed by atoms with E-state index in [0.717, 1.165) is 32.7 Å². The highest BCUT2D eigenvalue weighted by molar-refractivity contribution is 7.25. The second kappa shape index (κ2) is 3.79. The second-order valence-electron chi connectivity index (χ2n) is 3.85. The van der Waals surface area contributed by atoms with Crippen LogP contribution < -0.4 is 0 Å². The average Bonchev–Trinajstić information content (AvgIpc) is 2.74. The Bertz CT molecular complexity index is 678. The molecule has 0 aliphatic heterocycles. The zero-order chi connectivity index (χ0) is 11.8. The largest absolute Gasteiger partial charge is 0.298 e. The van der Waals surface area contributed by atoms with Gasteiger partial charge < -0.3 is 0 Å². The molecule has 0 saturated heterocycles. The lowest BCUT2D eigenvalue weighted by Gasteiger charge is -1.93. The van der Waals surface area contributed by atoms with Gasteiger partial charge in [-0.2, -0.15) is 0 Å². The molecule has 2 aromatic carbocycles. The maximum Gasteiger partial charge on any atom is 0.150 e. The van der Waals surface area contributed by atoms with E-state index in [2.05, 4.69) is 0 Å². The minimum absolute atomic E-state index is 0.680. The van der Waals surface area contributed by atoms with Crippen molar-refractivity contribution in [2.75, 3.05) is 0 Å². The van der Waals surface area contributed by atoms with Crippen LogP contribution >= 0.6 is 11.3 Å². The van der Waals surface area contributed by atoms with E-state index in [1.165, 1.54) is 0 Å². The minimum Gasteiger partial charge on any atom is -0.298 e. The molecule has 0 unspecified atom stereocenters. The highest BCUT2D eigenvalue weighted by Crippen LogP contribution is 2.34. The monoisotopic (exact) mass is 240 g/mol. The van der Waals surface area contributed by atoms with Crippen molar-refractivity contribution < 1.29 is 9.59 Å². The SMILES string of the molecule is O=Cc1ccc2c(c1)sc1cc(C=O)ccc12. The number of rotatable bonds is 2. The van der Waals surface area contributed by atoms with Gasteiger partial charge in [-0.3, -0.25) is 9.59 Å². The normalized spacial score (nSPS) is 10.8. The van der Waals surface area contributed by atoms with E-state index in [0.29, 0.717) is 11.1 Å². The van der Waals surface area contributed by atoms with E-state index in [9.17, 15) is 9.59 Å². The first-order chi connectivity index (χ1) is 8.31. The number of fused-ring (bicyclic) bond motifs is 3. The first kappa shape index (κ1) is 10.2. The molecule has 17 heavy (non-hydrogen) atoms. The van der Waals surface area contributed by atoms with E-state index in [-0.39, 0.29) is 0 Å². The lowest BCUT2D eigenvalue weighted by molar-refractivity contribution is 0.111. The Morgan fingerprint density at radius 1 is 0.765 bits per heavy atom. The second-order valence-corrected chi connectivity index (χ2v) is 4.93. The number of hydrogen-bond acceptors (Lipinski definition) is 3. The molecule has 82 valence electrons. The highest BCUT2D eigenvalue weighted by Gasteiger charge is 2.06. The fraction of sp³-hybridized carbons (Fsp3) is 0. The fourth-order valence-electron chi connectivity index (χ4n) is 1.96. The van der Waals surface area contributed by atoms with Gasteiger partial charge in [0.15, 0.2) is 0 Å². The molecule has 0 saturated carbocycles. The fourth-order valence-corrected chi connectivity index (χ4v) is 3.16. The smallest absolute Gasteiger partial charge is 0.150 e. The summed E-state index contributed by atoms with van der Waals surface area (Å²) >= 11 is 1.60. The molecule has 3 aromatic rings. The van der Waals surface area contributed by atoms with Crippen molar-refractivity contribution in [3.05, 3.63) is 47.5 Å². The van der Waals surface area contributed by atoms with Crippen LogP contribution in [-0.4, -0.2) is 12.6 Å². The third-order valence-corrected chi connectivity index (χ3v) is 3.91. The molecule has 3 heteroatoms. The lowest BCUT2D eigenvalue weighted by Crippen LogP contribution is -1.77. The van der Waals surface area contributed by atoms with Crippen molar-refractivity contribution in [3.8, 4) is 0 Å². The molecule has 1 aromatic heterocycles. The number of carbonyl (C=O) groups is 2. The Balaban J connectivity index is 2.39. The standard InChI is InChI=1S/C14H8O2S/c15-7-9-1-3-11-12-4-2-10(8-16)6-14(12)17-13(11)5-9/h1-8H. The van der Waals surface area contributed by atoms with Gasteiger partial charge in [0, 0.05) is 31.3 Å². The number of aldehydes is 2. The summed E-state index contributed by atoms with van der Waals surface area (Å²) in [5, 5.41) is 2.26. The predicted molar refractivity (Wildman–Crippen MR) is 70.1 cm³/mol. The van der Waals surface area contributed by atoms with Gasteiger partial charge in [0.1, 0.15) is 12.6 Å². The summed E-state index contributed by atoms with van der Waals surface area (Å²) < 4.78 is 2.15. The Morgan fingerprint density at radius 2 is 1.24 bits per heavy atom. The predicted octanol–water partition coefficient (Wildman–Crippen LogP) is 3.68. The Labute approximate surface area is 101 Å². The van der Waals surface area contributed by atoms with Crippen molar-refractivity contribution in [2.24, 2.45) is 0 Å². The summed E-state index contributed by atoms with van der Waals surface area (Å²) in [5.74, 6) is 0. The summed E-state index contributed by atoms with van der Waals surface area (Å²) in [6, 6.07) is 11.3. The van der Waals surface area contributed by atoms with Crippen LogP contribution in [0.2, 0.25) is 0 Å². The average molecular weight is 240 g/mol. The van der Waals surface area contributed by atoms with E-state index in [1.54, 1.807) is 11.3 Å². The maximum atomic E-state index is 10.7. The van der Waals surface area contributed by atoms with Crippen molar-refractivity contribution in [2.45, 2.75) is 0 Å². The van der Waals surface area contributed by atoms with Crippen molar-refractivity contribution >= 4 is 44.1 Å². The van der Waals surface area contributed by atoms with Crippen LogP contribution in [0.25, 0.3) is 20.2 Å². The van der Waals surface area contributed by atoms with E-state index in [4.69, 9.17) is 0 Å². The molecule has 2 nitrogen and oxygen atoms in total. The van der Waals surface area contributed by atoms with Gasteiger partial charge in [0.2, 0.25) is 0 Å². The summed E-state index contributed by atoms with van der Waals surface area (Å²) in [7, 11) is 0. The quantitative estimate of drug-likeness (QED) is 0.640. The van der Waals surface area contributed by atoms with Crippen molar-refractivity contribution in [3.63, 3.8) is 0 Å². The molecular weight excluding hydrogens is 232 g/mol. The Hall–Kier alpha value is -2.00. The minimum atomic E-state index is 0.680. The van der Waals surface area contributed by atoms with Gasteiger partial charge in [-0.25, -0.2) is 0 Å². The molecule has 0 amide bonds. The van der Waals surface area contributed by atoms with Crippen LogP contribution in [0.1, 0.15) is 20.7 Å². The molecule has 0 N–H and O–H groups in total. The number of hydrogen-bond donors (Lipinski definition) is 0. The van der Waals surface area contributed by atoms with Gasteiger partial charge in [0.05, 0.1) is 0 Å². The van der Waals surface area contributed by atoms with Gasteiger partial charge in [0.25, 0.3) is 0 Å². The molecule has 0 radical (unpaired) electrons. The van der Waals surface area contributed by atoms with Crippen LogP contribution in [-0.2, 0) is 0 Å². The third kappa shape index (κ3) is 1.56. The number of benzene rings is 2. The Morgan fingerprint density at radius 3 is 1.65 bits per heavy atom. The molecule has 0 bridgehead atoms. The first-order valence-electron chi connectivity index (χ1n) is 5.18. The van der Waals surface area contributed by atoms with E-state index >= 15 is 0 Å². The Kier molecular flexibility index (Phi) is 2.27. The van der Waals surface area contributed by atoms with E-state index in [1.807, 2.05) is 36.4 Å². The summed E-state index contributed by atoms with van der Waals surface area (Å²) in [6.45, 7) is 0. The maximum absolute atomic E-state index is 10.7. The number of thiophene rings is 1. The van der Waals surface area contributed by atoms with Crippen LogP contribution in [0, 0.1) is 0 Å². The molecule has 0 aliphatic rings. The summed E-state index contributed by atoms with van der Waals surface area (Å²) in [4.78, 5) is 21.4. The molecule has 0 spiro atoms. The van der Waals surface area contributed by atoms with Crippen LogP contribution in [0.15, 0.2) is 36.4 Å². The van der Waals surface area contributed by atoms with Crippen LogP contribution in [0.4, 0.5) is 0 Å². The van der Waals surface area contributed by atoms with Gasteiger partial charge in [-0.15, -0.1) is 11.3 Å². The lowest BCUT2D eigenvalue weighted by atomic mass is 10.1. The molecule has 0 atom stereocenters. The molecule has 1 heterocycles. The van der Waals surface area contributed by atoms with Crippen LogP contribution in [0.5, 0.6) is 0 Å². The van der Waals surface area contributed by atoms with Gasteiger partial charge in [-0.1, -0.05) is 24.3 Å². The van der Waals surface area contributed by atoms with Crippen molar-refractivity contribution in [1.29, 1.82) is 0 Å². The molecule has 3 rings (SSSR count). The topological polar surface area (TPSA) is 34.1 Å². The third-order valence-electron chi connectivity index (χ3n) is 2.79. The highest BCUT2D eigenvalue weighted by atomic mass is 32.1. The van der Waals surface area contributed by atoms with Gasteiger partial charge in [-0.05, 0) is 12.1 Å². The first-order valence-corrected chi connectivity index (χ1v) is 6.00. The van der Waals surface area contributed by atoms with Crippen molar-refractivity contribution in [1.82, 2.24) is 0 Å². The molecular formula is C14H8O2S. The molecule has 0 aliphatic carbocycles. The van der Waals surface area contributed by atoms with Crippen LogP contribution in [0.3, 0.4) is 0 Å². The summed E-state index contributed by atoms with van der Waals surface area (Å²) in [5.41, 5.74) is 1.36. The zero-order valence-electron chi connectivity index (χ0n) is 8.84. The number of carbonyl (C=O) groups excluding carboxylic acids is 2. The molecule has 0 fully saturated rings. The summed E-state index contributed by atoms with van der Waals surface area (Å²) in [6.07, 6.45) is 1.70. The van der Waals surface area contributed by atoms with E-state index < -0.39 is 0 Å². The van der Waals surface area contributed by atoms with Gasteiger partial charge >= 0.3 is 0 Å².